The summed E-state index contributed by atoms with van der Waals surface area (Å²) in [5.41, 5.74) is 3.37. The van der Waals surface area contributed by atoms with E-state index in [0.717, 1.165) is 38.8 Å². The first-order chi connectivity index (χ1) is 13.4. The molecule has 5 atom stereocenters. The van der Waals surface area contributed by atoms with E-state index < -0.39 is 0 Å². The van der Waals surface area contributed by atoms with Gasteiger partial charge in [-0.25, -0.2) is 0 Å². The third-order valence-electron chi connectivity index (χ3n) is 7.76. The highest BCUT2D eigenvalue weighted by Gasteiger charge is 2.53. The van der Waals surface area contributed by atoms with Crippen LogP contribution < -0.4 is 0 Å². The molecule has 3 fully saturated rings. The molecule has 0 radical (unpaired) electrons. The number of allylic oxidation sites excluding steroid dienone is 2. The Hall–Kier alpha value is -1.36. The lowest BCUT2D eigenvalue weighted by molar-refractivity contribution is -0.150. The van der Waals surface area contributed by atoms with Crippen LogP contribution in [0.2, 0.25) is 0 Å². The summed E-state index contributed by atoms with van der Waals surface area (Å²) in [6.45, 7) is 9.33. The van der Waals surface area contributed by atoms with Gasteiger partial charge in [0.2, 0.25) is 0 Å². The number of rotatable bonds is 4. The minimum Gasteiger partial charge on any atom is -0.466 e. The molecule has 0 aromatic carbocycles. The van der Waals surface area contributed by atoms with Crippen LogP contribution in [0.1, 0.15) is 65.7 Å². The fourth-order valence-electron chi connectivity index (χ4n) is 6.27. The second-order valence-electron chi connectivity index (χ2n) is 9.68. The molecule has 0 amide bonds. The summed E-state index contributed by atoms with van der Waals surface area (Å²) < 4.78 is 11.1. The lowest BCUT2D eigenvalue weighted by Gasteiger charge is -2.46. The van der Waals surface area contributed by atoms with E-state index in [9.17, 15) is 9.59 Å². The zero-order valence-electron chi connectivity index (χ0n) is 17.7. The van der Waals surface area contributed by atoms with Crippen LogP contribution in [0.25, 0.3) is 0 Å². The van der Waals surface area contributed by atoms with E-state index in [2.05, 4.69) is 18.7 Å². The van der Waals surface area contributed by atoms with Crippen molar-refractivity contribution in [1.82, 2.24) is 4.90 Å². The minimum absolute atomic E-state index is 0.0197. The molecule has 28 heavy (non-hydrogen) atoms. The zero-order valence-corrected chi connectivity index (χ0v) is 17.7. The van der Waals surface area contributed by atoms with Crippen LogP contribution in [0.5, 0.6) is 0 Å². The molecule has 2 aliphatic carbocycles. The molecule has 0 spiro atoms. The van der Waals surface area contributed by atoms with Crippen LogP contribution >= 0.6 is 0 Å². The molecule has 0 aromatic rings. The van der Waals surface area contributed by atoms with Crippen molar-refractivity contribution in [3.63, 3.8) is 0 Å². The van der Waals surface area contributed by atoms with Gasteiger partial charge in [-0.3, -0.25) is 9.59 Å². The number of hydrogen-bond acceptors (Lipinski definition) is 5. The van der Waals surface area contributed by atoms with E-state index in [1.54, 1.807) is 11.1 Å². The Labute approximate surface area is 168 Å². The minimum atomic E-state index is -0.0875. The molecule has 0 bridgehead atoms. The summed E-state index contributed by atoms with van der Waals surface area (Å²) >= 11 is 0. The van der Waals surface area contributed by atoms with Crippen LogP contribution in [0.15, 0.2) is 11.1 Å². The van der Waals surface area contributed by atoms with Crippen LogP contribution in [0, 0.1) is 23.2 Å². The fourth-order valence-corrected chi connectivity index (χ4v) is 6.27. The quantitative estimate of drug-likeness (QED) is 0.542. The molecular weight excluding hydrogens is 354 g/mol. The smallest absolute Gasteiger partial charge is 0.310 e. The topological polar surface area (TPSA) is 55.8 Å². The first-order valence-corrected chi connectivity index (χ1v) is 11.2. The van der Waals surface area contributed by atoms with Crippen molar-refractivity contribution in [2.45, 2.75) is 71.8 Å². The summed E-state index contributed by atoms with van der Waals surface area (Å²) in [6.07, 6.45) is 7.62. The molecule has 2 saturated heterocycles. The summed E-state index contributed by atoms with van der Waals surface area (Å²) in [6, 6.07) is 0. The Morgan fingerprint density at radius 3 is 2.96 bits per heavy atom. The molecule has 0 unspecified atom stereocenters. The number of nitrogens with zero attached hydrogens (tertiary/aromatic N) is 1. The van der Waals surface area contributed by atoms with Gasteiger partial charge in [-0.15, -0.1) is 0 Å². The predicted octanol–water partition coefficient (Wildman–Crippen LogP) is 3.72. The molecule has 0 N–H and O–H groups in total. The van der Waals surface area contributed by atoms with Crippen LogP contribution in [-0.4, -0.2) is 49.2 Å². The highest BCUT2D eigenvalue weighted by Crippen LogP contribution is 2.55. The van der Waals surface area contributed by atoms with E-state index in [1.165, 1.54) is 19.3 Å². The average Bonchev–Trinajstić information content (AvgIpc) is 2.94. The average molecular weight is 390 g/mol. The monoisotopic (exact) mass is 389 g/mol. The molecule has 4 rings (SSSR count). The Kier molecular flexibility index (Phi) is 5.56. The van der Waals surface area contributed by atoms with Gasteiger partial charge in [0.25, 0.3) is 0 Å². The fraction of sp³-hybridized carbons (Fsp3) is 0.826. The van der Waals surface area contributed by atoms with E-state index in [-0.39, 0.29) is 35.3 Å². The van der Waals surface area contributed by atoms with E-state index in [4.69, 9.17) is 9.47 Å². The summed E-state index contributed by atoms with van der Waals surface area (Å²) in [5, 5.41) is 0. The van der Waals surface area contributed by atoms with Crippen molar-refractivity contribution < 1.29 is 19.1 Å². The highest BCUT2D eigenvalue weighted by atomic mass is 16.6. The lowest BCUT2D eigenvalue weighted by atomic mass is 9.59. The lowest BCUT2D eigenvalue weighted by Crippen LogP contribution is -2.45. The summed E-state index contributed by atoms with van der Waals surface area (Å²) in [5.74, 6) is 0.0773. The summed E-state index contributed by atoms with van der Waals surface area (Å²) in [4.78, 5) is 27.2. The molecule has 1 saturated carbocycles. The van der Waals surface area contributed by atoms with Crippen LogP contribution in [0.4, 0.5) is 0 Å². The maximum absolute atomic E-state index is 12.8. The van der Waals surface area contributed by atoms with Crippen LogP contribution in [0.3, 0.4) is 0 Å². The van der Waals surface area contributed by atoms with Gasteiger partial charge in [-0.05, 0) is 70.8 Å². The molecule has 5 nitrogen and oxygen atoms in total. The third kappa shape index (κ3) is 3.62. The van der Waals surface area contributed by atoms with Gasteiger partial charge >= 0.3 is 11.9 Å². The van der Waals surface area contributed by atoms with Gasteiger partial charge in [-0.1, -0.05) is 18.1 Å². The Bertz CT molecular complexity index is 672. The Morgan fingerprint density at radius 2 is 2.18 bits per heavy atom. The van der Waals surface area contributed by atoms with Gasteiger partial charge in [0.15, 0.2) is 0 Å². The maximum Gasteiger partial charge on any atom is 0.310 e. The maximum atomic E-state index is 12.8. The Morgan fingerprint density at radius 1 is 1.36 bits per heavy atom. The predicted molar refractivity (Wildman–Crippen MR) is 107 cm³/mol. The normalized spacial score (nSPS) is 38.6. The second kappa shape index (κ2) is 7.81. The molecule has 2 aliphatic heterocycles. The summed E-state index contributed by atoms with van der Waals surface area (Å²) in [7, 11) is 0. The van der Waals surface area contributed by atoms with Crippen molar-refractivity contribution in [3.8, 4) is 0 Å². The SMILES string of the molecule is CCOC(=O)[C@@H]1CCCN(C[C@@H]2C(=O)O[C@H]3C[C@]4(C)CCCC(C)=C4C[C@@H]32)C1. The number of esters is 2. The van der Waals surface area contributed by atoms with Gasteiger partial charge in [-0.2, -0.15) is 0 Å². The molecule has 2 heterocycles. The van der Waals surface area contributed by atoms with Crippen molar-refractivity contribution in [3.05, 3.63) is 11.1 Å². The number of hydrogen-bond donors (Lipinski definition) is 0. The number of carbonyl (C=O) groups is 2. The van der Waals surface area contributed by atoms with Gasteiger partial charge in [0.05, 0.1) is 18.4 Å². The van der Waals surface area contributed by atoms with Crippen molar-refractivity contribution in [2.24, 2.45) is 23.2 Å². The van der Waals surface area contributed by atoms with Crippen molar-refractivity contribution >= 4 is 11.9 Å². The number of piperidine rings is 1. The number of ether oxygens (including phenoxy) is 2. The van der Waals surface area contributed by atoms with Gasteiger partial charge in [0, 0.05) is 19.0 Å². The number of fused-ring (bicyclic) bond motifs is 2. The largest absolute Gasteiger partial charge is 0.466 e. The first kappa shape index (κ1) is 19.9. The standard InChI is InChI=1S/C23H35NO4/c1-4-27-21(25)16-8-6-10-24(13-16)14-18-17-11-19-15(2)7-5-9-23(19,3)12-20(17)28-22(18)26/h16-18,20H,4-14H2,1-3H3/t16-,17-,18+,20+,23+/m1/s1. The second-order valence-corrected chi connectivity index (χ2v) is 9.68. The Balaban J connectivity index is 1.45. The number of likely N-dealkylation sites (tertiary alicyclic amines) is 1. The molecular formula is C23H35NO4. The van der Waals surface area contributed by atoms with Crippen LogP contribution in [-0.2, 0) is 19.1 Å². The van der Waals surface area contributed by atoms with Crippen molar-refractivity contribution in [1.29, 1.82) is 0 Å². The molecule has 156 valence electrons. The number of carbonyl (C=O) groups excluding carboxylic acids is 2. The van der Waals surface area contributed by atoms with Gasteiger partial charge in [0.1, 0.15) is 6.10 Å². The third-order valence-corrected chi connectivity index (χ3v) is 7.76. The van der Waals surface area contributed by atoms with E-state index >= 15 is 0 Å². The van der Waals surface area contributed by atoms with Crippen molar-refractivity contribution in [2.75, 3.05) is 26.2 Å². The molecule has 5 heteroatoms. The highest BCUT2D eigenvalue weighted by molar-refractivity contribution is 5.76. The van der Waals surface area contributed by atoms with Gasteiger partial charge < -0.3 is 14.4 Å². The zero-order chi connectivity index (χ0) is 19.9. The first-order valence-electron chi connectivity index (χ1n) is 11.2. The molecule has 4 aliphatic rings. The molecule has 0 aromatic heterocycles. The van der Waals surface area contributed by atoms with E-state index in [1.807, 2.05) is 6.92 Å². The van der Waals surface area contributed by atoms with E-state index in [0.29, 0.717) is 19.1 Å².